The molecule has 7 rings (SSSR count). The van der Waals surface area contributed by atoms with Gasteiger partial charge in [-0.05, 0) is 76.2 Å². The first-order valence-corrected chi connectivity index (χ1v) is 16.7. The minimum atomic E-state index is 0.221. The number of para-hydroxylation sites is 4. The number of fused-ring (bicyclic) bond motifs is 2. The Balaban J connectivity index is 1.48. The van der Waals surface area contributed by atoms with Gasteiger partial charge in [0.15, 0.2) is 0 Å². The van der Waals surface area contributed by atoms with Crippen LogP contribution >= 0.6 is 0 Å². The first-order valence-electron chi connectivity index (χ1n) is 16.7. The van der Waals surface area contributed by atoms with Gasteiger partial charge in [0.05, 0.1) is 28.1 Å². The van der Waals surface area contributed by atoms with Crippen LogP contribution in [0, 0.1) is 0 Å². The first kappa shape index (κ1) is 30.4. The van der Waals surface area contributed by atoms with Gasteiger partial charge in [-0.3, -0.25) is 4.57 Å². The molecular weight excluding hydrogens is 574 g/mol. The third-order valence-corrected chi connectivity index (χ3v) is 9.22. The van der Waals surface area contributed by atoms with E-state index in [2.05, 4.69) is 137 Å². The average molecular weight is 616 g/mol. The quantitative estimate of drug-likeness (QED) is 0.194. The van der Waals surface area contributed by atoms with E-state index in [1.54, 1.807) is 6.07 Å². The Morgan fingerprint density at radius 2 is 1.28 bits per heavy atom. The second-order valence-corrected chi connectivity index (χ2v) is 13.4. The molecule has 1 N–H and O–H groups in total. The number of phenolic OH excluding ortho intramolecular Hbond substituents is 1. The number of pyridine rings is 1. The van der Waals surface area contributed by atoms with Crippen molar-refractivity contribution in [3.63, 3.8) is 0 Å². The molecule has 4 nitrogen and oxygen atoms in total. The lowest BCUT2D eigenvalue weighted by Crippen LogP contribution is -2.08. The molecule has 0 amide bonds. The van der Waals surface area contributed by atoms with Gasteiger partial charge in [0.2, 0.25) is 0 Å². The highest BCUT2D eigenvalue weighted by Gasteiger charge is 2.22. The van der Waals surface area contributed by atoms with Crippen molar-refractivity contribution in [2.45, 2.75) is 59.3 Å². The lowest BCUT2D eigenvalue weighted by molar-refractivity contribution is 0.477. The maximum absolute atomic E-state index is 10.9. The van der Waals surface area contributed by atoms with Crippen LogP contribution in [0.5, 0.6) is 5.75 Å². The highest BCUT2D eigenvalue weighted by Crippen LogP contribution is 2.40. The Labute approximate surface area is 277 Å². The summed E-state index contributed by atoms with van der Waals surface area (Å²) in [6.07, 6.45) is 0. The lowest BCUT2D eigenvalue weighted by Gasteiger charge is -2.22. The molecule has 0 saturated carbocycles. The van der Waals surface area contributed by atoms with E-state index in [1.807, 2.05) is 18.2 Å². The largest absolute Gasteiger partial charge is 0.507 e. The van der Waals surface area contributed by atoms with Crippen molar-refractivity contribution >= 4 is 21.8 Å². The molecule has 0 aliphatic carbocycles. The van der Waals surface area contributed by atoms with Crippen molar-refractivity contribution in [2.75, 3.05) is 0 Å². The van der Waals surface area contributed by atoms with Gasteiger partial charge in [0, 0.05) is 22.1 Å². The molecule has 0 saturated heterocycles. The zero-order chi connectivity index (χ0) is 32.8. The number of hydrogen-bond acceptors (Lipinski definition) is 3. The first-order chi connectivity index (χ1) is 22.7. The van der Waals surface area contributed by atoms with Gasteiger partial charge < -0.3 is 5.11 Å². The fourth-order valence-corrected chi connectivity index (χ4v) is 6.70. The van der Waals surface area contributed by atoms with Crippen molar-refractivity contribution in [1.82, 2.24) is 14.5 Å². The van der Waals surface area contributed by atoms with Crippen LogP contribution in [0.1, 0.15) is 76.0 Å². The molecule has 5 aromatic carbocycles. The average Bonchev–Trinajstić information content (AvgIpc) is 3.47. The summed E-state index contributed by atoms with van der Waals surface area (Å²) >= 11 is 0. The lowest BCUT2D eigenvalue weighted by atomic mass is 9.92. The zero-order valence-corrected chi connectivity index (χ0v) is 28.0. The maximum atomic E-state index is 10.9. The van der Waals surface area contributed by atoms with Crippen molar-refractivity contribution in [3.8, 4) is 45.3 Å². The molecule has 4 heteroatoms. The summed E-state index contributed by atoms with van der Waals surface area (Å²) in [7, 11) is 0. The molecule has 2 heterocycles. The summed E-state index contributed by atoms with van der Waals surface area (Å²) in [5, 5.41) is 13.0. The SMILES string of the molecule is CC(C)c1ccc2c(-c3ccccc3O)nc(-c3cccc(-c4nc5ccccc5n4-c4c(C(C)C)cccc4C(C)C)c3)cc2c1. The maximum Gasteiger partial charge on any atom is 0.145 e. The number of nitrogens with zero attached hydrogens (tertiary/aromatic N) is 3. The van der Waals surface area contributed by atoms with E-state index in [0.29, 0.717) is 17.8 Å². The Kier molecular flexibility index (Phi) is 7.89. The van der Waals surface area contributed by atoms with Crippen molar-refractivity contribution in [1.29, 1.82) is 0 Å². The van der Waals surface area contributed by atoms with Gasteiger partial charge in [-0.15, -0.1) is 0 Å². The molecule has 0 spiro atoms. The topological polar surface area (TPSA) is 50.9 Å². The molecule has 2 aromatic heterocycles. The van der Waals surface area contributed by atoms with Gasteiger partial charge in [-0.1, -0.05) is 120 Å². The molecule has 7 aromatic rings. The van der Waals surface area contributed by atoms with Crippen LogP contribution in [0.4, 0.5) is 0 Å². The highest BCUT2D eigenvalue weighted by molar-refractivity contribution is 5.98. The molecule has 0 bridgehead atoms. The van der Waals surface area contributed by atoms with Crippen molar-refractivity contribution < 1.29 is 5.11 Å². The van der Waals surface area contributed by atoms with Gasteiger partial charge in [0.1, 0.15) is 11.6 Å². The summed E-state index contributed by atoms with van der Waals surface area (Å²) in [5.74, 6) is 2.21. The standard InChI is InChI=1S/C43H41N3O/c1-26(2)29-21-22-35-32(23-29)25-38(44-41(35)36-15-7-10-20-40(36)47)30-13-11-14-31(24-30)43-45-37-18-8-9-19-39(37)46(43)42-33(27(3)4)16-12-17-34(42)28(5)6/h7-28,47H,1-6H3. The molecule has 0 radical (unpaired) electrons. The van der Waals surface area contributed by atoms with E-state index in [4.69, 9.17) is 9.97 Å². The normalized spacial score (nSPS) is 11.9. The summed E-state index contributed by atoms with van der Waals surface area (Å²) in [4.78, 5) is 10.5. The van der Waals surface area contributed by atoms with Gasteiger partial charge in [-0.2, -0.15) is 0 Å². The van der Waals surface area contributed by atoms with Crippen LogP contribution in [0.3, 0.4) is 0 Å². The predicted octanol–water partition coefficient (Wildman–Crippen LogP) is 11.7. The van der Waals surface area contributed by atoms with Gasteiger partial charge >= 0.3 is 0 Å². The van der Waals surface area contributed by atoms with Gasteiger partial charge in [-0.25, -0.2) is 9.97 Å². The molecule has 0 atom stereocenters. The molecule has 234 valence electrons. The third kappa shape index (κ3) is 5.48. The van der Waals surface area contributed by atoms with Crippen LogP contribution in [0.25, 0.3) is 61.4 Å². The van der Waals surface area contributed by atoms with Crippen LogP contribution in [-0.2, 0) is 0 Å². The van der Waals surface area contributed by atoms with Crippen LogP contribution in [0.2, 0.25) is 0 Å². The fraction of sp³-hybridized carbons (Fsp3) is 0.209. The molecule has 0 fully saturated rings. The predicted molar refractivity (Wildman–Crippen MR) is 197 cm³/mol. The van der Waals surface area contributed by atoms with E-state index >= 15 is 0 Å². The monoisotopic (exact) mass is 615 g/mol. The Morgan fingerprint density at radius 3 is 2.00 bits per heavy atom. The Morgan fingerprint density at radius 1 is 0.596 bits per heavy atom. The van der Waals surface area contributed by atoms with Gasteiger partial charge in [0.25, 0.3) is 0 Å². The third-order valence-electron chi connectivity index (χ3n) is 9.22. The summed E-state index contributed by atoms with van der Waals surface area (Å²) < 4.78 is 2.37. The number of hydrogen-bond donors (Lipinski definition) is 1. The fourth-order valence-electron chi connectivity index (χ4n) is 6.70. The number of aromatic hydroxyl groups is 1. The van der Waals surface area contributed by atoms with Crippen molar-refractivity contribution in [3.05, 3.63) is 132 Å². The summed E-state index contributed by atoms with van der Waals surface area (Å²) in [5.41, 5.74) is 11.5. The minimum Gasteiger partial charge on any atom is -0.507 e. The van der Waals surface area contributed by atoms with Crippen LogP contribution in [-0.4, -0.2) is 19.6 Å². The second kappa shape index (κ2) is 12.2. The number of imidazole rings is 1. The number of rotatable bonds is 7. The zero-order valence-electron chi connectivity index (χ0n) is 28.0. The second-order valence-electron chi connectivity index (χ2n) is 13.4. The smallest absolute Gasteiger partial charge is 0.145 e. The van der Waals surface area contributed by atoms with Crippen LogP contribution < -0.4 is 0 Å². The number of benzene rings is 5. The highest BCUT2D eigenvalue weighted by atomic mass is 16.3. The molecule has 0 aliphatic rings. The molecule has 0 aliphatic heterocycles. The van der Waals surface area contributed by atoms with E-state index in [1.165, 1.54) is 22.4 Å². The molecule has 0 unspecified atom stereocenters. The summed E-state index contributed by atoms with van der Waals surface area (Å²) in [6, 6.07) is 39.9. The number of phenols is 1. The summed E-state index contributed by atoms with van der Waals surface area (Å²) in [6.45, 7) is 13.5. The van der Waals surface area contributed by atoms with Crippen molar-refractivity contribution in [2.24, 2.45) is 0 Å². The Hall–Kier alpha value is -5.22. The minimum absolute atomic E-state index is 0.221. The van der Waals surface area contributed by atoms with E-state index < -0.39 is 0 Å². The number of aromatic nitrogens is 3. The van der Waals surface area contributed by atoms with Crippen LogP contribution in [0.15, 0.2) is 115 Å². The molecule has 47 heavy (non-hydrogen) atoms. The Bertz CT molecular complexity index is 2230. The van der Waals surface area contributed by atoms with E-state index in [9.17, 15) is 5.11 Å². The molecular formula is C43H41N3O. The van der Waals surface area contributed by atoms with E-state index in [0.717, 1.165) is 55.7 Å². The van der Waals surface area contributed by atoms with E-state index in [-0.39, 0.29) is 5.75 Å².